The van der Waals surface area contributed by atoms with E-state index in [-0.39, 0.29) is 22.9 Å². The van der Waals surface area contributed by atoms with Crippen molar-refractivity contribution in [1.82, 2.24) is 10.0 Å². The van der Waals surface area contributed by atoms with Gasteiger partial charge in [0.25, 0.3) is 0 Å². The molecule has 2 aromatic carbocycles. The van der Waals surface area contributed by atoms with Crippen LogP contribution in [0.5, 0.6) is 0 Å². The predicted octanol–water partition coefficient (Wildman–Crippen LogP) is 1.76. The van der Waals surface area contributed by atoms with E-state index >= 15 is 0 Å². The Morgan fingerprint density at radius 2 is 1.76 bits per heavy atom. The van der Waals surface area contributed by atoms with Crippen LogP contribution in [-0.4, -0.2) is 27.4 Å². The molecule has 0 fully saturated rings. The highest BCUT2D eigenvalue weighted by atomic mass is 32.2. The van der Waals surface area contributed by atoms with E-state index in [0.29, 0.717) is 6.54 Å². The van der Waals surface area contributed by atoms with Gasteiger partial charge in [0.05, 0.1) is 17.0 Å². The molecular weight excluding hydrogens is 338 g/mol. The third-order valence-electron chi connectivity index (χ3n) is 3.69. The number of hydrogen-bond acceptors (Lipinski definition) is 4. The minimum absolute atomic E-state index is 0.0353. The van der Waals surface area contributed by atoms with Crippen LogP contribution in [0.2, 0.25) is 0 Å². The van der Waals surface area contributed by atoms with E-state index in [2.05, 4.69) is 10.0 Å². The zero-order valence-corrected chi connectivity index (χ0v) is 14.6. The summed E-state index contributed by atoms with van der Waals surface area (Å²) in [5, 5.41) is 11.7. The molecule has 2 rings (SSSR count). The number of amides is 1. The fourth-order valence-electron chi connectivity index (χ4n) is 2.26. The molecule has 0 saturated heterocycles. The number of carbonyl (C=O) groups is 1. The van der Waals surface area contributed by atoms with Crippen LogP contribution in [0.3, 0.4) is 0 Å². The molecule has 25 heavy (non-hydrogen) atoms. The van der Waals surface area contributed by atoms with Crippen molar-refractivity contribution < 1.29 is 13.2 Å². The molecule has 0 saturated carbocycles. The van der Waals surface area contributed by atoms with Crippen molar-refractivity contribution in [3.05, 3.63) is 65.7 Å². The third-order valence-corrected chi connectivity index (χ3v) is 5.15. The van der Waals surface area contributed by atoms with E-state index in [9.17, 15) is 13.2 Å². The van der Waals surface area contributed by atoms with Crippen LogP contribution < -0.4 is 10.0 Å². The van der Waals surface area contributed by atoms with Gasteiger partial charge in [-0.3, -0.25) is 4.79 Å². The zero-order chi connectivity index (χ0) is 18.3. The number of nitrogens with zero attached hydrogens (tertiary/aromatic N) is 1. The van der Waals surface area contributed by atoms with Crippen molar-refractivity contribution in [2.45, 2.75) is 17.7 Å². The molecular formula is C18H19N3O3S. The maximum Gasteiger partial charge on any atom is 0.242 e. The first-order chi connectivity index (χ1) is 11.9. The Morgan fingerprint density at radius 1 is 1.12 bits per heavy atom. The van der Waals surface area contributed by atoms with Gasteiger partial charge in [-0.2, -0.15) is 5.26 Å². The number of benzene rings is 2. The van der Waals surface area contributed by atoms with Crippen molar-refractivity contribution in [3.63, 3.8) is 0 Å². The van der Waals surface area contributed by atoms with Gasteiger partial charge >= 0.3 is 0 Å². The van der Waals surface area contributed by atoms with Gasteiger partial charge in [0.1, 0.15) is 6.07 Å². The smallest absolute Gasteiger partial charge is 0.242 e. The molecule has 6 nitrogen and oxygen atoms in total. The summed E-state index contributed by atoms with van der Waals surface area (Å²) in [6.45, 7) is 1.99. The lowest BCUT2D eigenvalue weighted by Crippen LogP contribution is -2.38. The molecule has 130 valence electrons. The van der Waals surface area contributed by atoms with E-state index in [0.717, 1.165) is 5.56 Å². The van der Waals surface area contributed by atoms with Gasteiger partial charge in [-0.05, 0) is 23.6 Å². The number of hydrogen-bond donors (Lipinski definition) is 2. The van der Waals surface area contributed by atoms with Gasteiger partial charge in [-0.15, -0.1) is 0 Å². The van der Waals surface area contributed by atoms with E-state index in [1.54, 1.807) is 6.07 Å². The largest absolute Gasteiger partial charge is 0.354 e. The predicted molar refractivity (Wildman–Crippen MR) is 94.2 cm³/mol. The van der Waals surface area contributed by atoms with Gasteiger partial charge in [0, 0.05) is 6.54 Å². The summed E-state index contributed by atoms with van der Waals surface area (Å²) in [6.07, 6.45) is 0. The molecule has 0 unspecified atom stereocenters. The fraction of sp³-hybridized carbons (Fsp3) is 0.222. The normalized spacial score (nSPS) is 12.2. The quantitative estimate of drug-likeness (QED) is 0.789. The fourth-order valence-corrected chi connectivity index (χ4v) is 3.40. The first kappa shape index (κ1) is 18.6. The average molecular weight is 357 g/mol. The number of rotatable bonds is 7. The van der Waals surface area contributed by atoms with E-state index < -0.39 is 15.9 Å². The van der Waals surface area contributed by atoms with Crippen molar-refractivity contribution in [2.24, 2.45) is 0 Å². The summed E-state index contributed by atoms with van der Waals surface area (Å²) in [5.41, 5.74) is 1.12. The standard InChI is InChI=1S/C18H19N3O3S/c1-14(15-7-3-2-4-8-15)12-20-18(22)13-21-25(23,24)17-10-6-5-9-16(17)11-19/h2-10,14,21H,12-13H2,1H3,(H,20,22)/t14-/m1/s1. The lowest BCUT2D eigenvalue weighted by atomic mass is 10.0. The SMILES string of the molecule is C[C@H](CNC(=O)CNS(=O)(=O)c1ccccc1C#N)c1ccccc1. The molecule has 0 heterocycles. The molecule has 0 radical (unpaired) electrons. The highest BCUT2D eigenvalue weighted by molar-refractivity contribution is 7.89. The first-order valence-corrected chi connectivity index (χ1v) is 9.23. The van der Waals surface area contributed by atoms with E-state index in [1.807, 2.05) is 43.3 Å². The van der Waals surface area contributed by atoms with Crippen LogP contribution in [0.25, 0.3) is 0 Å². The molecule has 0 aliphatic rings. The third kappa shape index (κ3) is 5.14. The van der Waals surface area contributed by atoms with Gasteiger partial charge in [0.15, 0.2) is 0 Å². The maximum absolute atomic E-state index is 12.2. The zero-order valence-electron chi connectivity index (χ0n) is 13.8. The van der Waals surface area contributed by atoms with Crippen molar-refractivity contribution >= 4 is 15.9 Å². The van der Waals surface area contributed by atoms with Crippen molar-refractivity contribution in [2.75, 3.05) is 13.1 Å². The van der Waals surface area contributed by atoms with Crippen LogP contribution >= 0.6 is 0 Å². The summed E-state index contributed by atoms with van der Waals surface area (Å²) in [5.74, 6) is -0.318. The Balaban J connectivity index is 1.90. The van der Waals surface area contributed by atoms with Crippen LogP contribution in [0.15, 0.2) is 59.5 Å². The second-order valence-electron chi connectivity index (χ2n) is 5.55. The highest BCUT2D eigenvalue weighted by Crippen LogP contribution is 2.14. The van der Waals surface area contributed by atoms with Crippen LogP contribution in [-0.2, 0) is 14.8 Å². The number of carbonyl (C=O) groups excluding carboxylic acids is 1. The van der Waals surface area contributed by atoms with Crippen LogP contribution in [0, 0.1) is 11.3 Å². The second-order valence-corrected chi connectivity index (χ2v) is 7.28. The Morgan fingerprint density at radius 3 is 2.44 bits per heavy atom. The summed E-state index contributed by atoms with van der Waals surface area (Å²) in [4.78, 5) is 11.8. The van der Waals surface area contributed by atoms with Crippen molar-refractivity contribution in [1.29, 1.82) is 5.26 Å². The molecule has 0 bridgehead atoms. The summed E-state index contributed by atoms with van der Waals surface area (Å²) in [7, 11) is -3.92. The van der Waals surface area contributed by atoms with Gasteiger partial charge < -0.3 is 5.32 Å². The molecule has 1 atom stereocenters. The van der Waals surface area contributed by atoms with Gasteiger partial charge in [0.2, 0.25) is 15.9 Å². The minimum atomic E-state index is -3.92. The summed E-state index contributed by atoms with van der Waals surface area (Å²) < 4.78 is 26.7. The highest BCUT2D eigenvalue weighted by Gasteiger charge is 2.19. The molecule has 0 spiro atoms. The molecule has 0 aliphatic heterocycles. The lowest BCUT2D eigenvalue weighted by Gasteiger charge is -2.13. The molecule has 7 heteroatoms. The average Bonchev–Trinajstić information content (AvgIpc) is 2.65. The Bertz CT molecular complexity index is 874. The molecule has 2 aromatic rings. The maximum atomic E-state index is 12.2. The van der Waals surface area contributed by atoms with Gasteiger partial charge in [-0.25, -0.2) is 13.1 Å². The number of nitrogens with one attached hydrogen (secondary N) is 2. The first-order valence-electron chi connectivity index (χ1n) is 7.74. The molecule has 1 amide bonds. The monoisotopic (exact) mass is 357 g/mol. The lowest BCUT2D eigenvalue weighted by molar-refractivity contribution is -0.120. The molecule has 2 N–H and O–H groups in total. The minimum Gasteiger partial charge on any atom is -0.354 e. The Labute approximate surface area is 147 Å². The van der Waals surface area contributed by atoms with E-state index in [4.69, 9.17) is 5.26 Å². The van der Waals surface area contributed by atoms with Crippen molar-refractivity contribution in [3.8, 4) is 6.07 Å². The number of sulfonamides is 1. The Kier molecular flexibility index (Phi) is 6.28. The van der Waals surface area contributed by atoms with Crippen LogP contribution in [0.1, 0.15) is 24.0 Å². The summed E-state index contributed by atoms with van der Waals surface area (Å²) in [6, 6.07) is 17.4. The molecule has 0 aromatic heterocycles. The van der Waals surface area contributed by atoms with Gasteiger partial charge in [-0.1, -0.05) is 49.4 Å². The topological polar surface area (TPSA) is 99.1 Å². The van der Waals surface area contributed by atoms with E-state index in [1.165, 1.54) is 18.2 Å². The molecule has 0 aliphatic carbocycles. The number of nitriles is 1. The second kappa shape index (κ2) is 8.42. The van der Waals surface area contributed by atoms with Crippen LogP contribution in [0.4, 0.5) is 0 Å². The summed E-state index contributed by atoms with van der Waals surface area (Å²) >= 11 is 0. The Hall–Kier alpha value is -2.69.